The summed E-state index contributed by atoms with van der Waals surface area (Å²) in [5.74, 6) is 0. The van der Waals surface area contributed by atoms with Crippen LogP contribution in [0.15, 0.2) is 12.3 Å². The lowest BCUT2D eigenvalue weighted by atomic mass is 10.3. The molecule has 0 radical (unpaired) electrons. The zero-order chi connectivity index (χ0) is 11.5. The molecule has 2 atom stereocenters. The summed E-state index contributed by atoms with van der Waals surface area (Å²) in [5.41, 5.74) is 1.20. The Bertz CT molecular complexity index is 337. The van der Waals surface area contributed by atoms with Crippen molar-refractivity contribution in [3.8, 4) is 0 Å². The minimum atomic E-state index is 0.510. The largest absolute Gasteiger partial charge is 0.296 e. The first-order valence-electron chi connectivity index (χ1n) is 6.09. The predicted octanol–water partition coefficient (Wildman–Crippen LogP) is 2.82. The summed E-state index contributed by atoms with van der Waals surface area (Å²) in [4.78, 5) is 3.13. The normalized spacial score (nSPS) is 23.8. The molecule has 2 rings (SSSR count). The third kappa shape index (κ3) is 2.86. The molecule has 16 heavy (non-hydrogen) atoms. The van der Waals surface area contributed by atoms with E-state index in [-0.39, 0.29) is 0 Å². The Morgan fingerprint density at radius 1 is 1.62 bits per heavy atom. The zero-order valence-corrected chi connectivity index (χ0v) is 11.7. The van der Waals surface area contributed by atoms with Gasteiger partial charge in [0.1, 0.15) is 0 Å². The van der Waals surface area contributed by atoms with Crippen LogP contribution in [0.1, 0.15) is 38.4 Å². The first kappa shape index (κ1) is 12.1. The SMILES string of the molecule is CCC(C)n1ccc(CN2CCC(Br)C2)n1. The highest BCUT2D eigenvalue weighted by atomic mass is 79.9. The average molecular weight is 286 g/mol. The Morgan fingerprint density at radius 2 is 2.44 bits per heavy atom. The van der Waals surface area contributed by atoms with Crippen molar-refractivity contribution in [3.63, 3.8) is 0 Å². The number of aromatic nitrogens is 2. The van der Waals surface area contributed by atoms with Crippen LogP contribution in [0.3, 0.4) is 0 Å². The molecule has 0 N–H and O–H groups in total. The van der Waals surface area contributed by atoms with Gasteiger partial charge in [0.15, 0.2) is 0 Å². The van der Waals surface area contributed by atoms with E-state index in [0.717, 1.165) is 19.5 Å². The van der Waals surface area contributed by atoms with Gasteiger partial charge in [-0.05, 0) is 32.4 Å². The van der Waals surface area contributed by atoms with E-state index in [1.165, 1.54) is 18.7 Å². The molecule has 3 nitrogen and oxygen atoms in total. The van der Waals surface area contributed by atoms with E-state index in [4.69, 9.17) is 0 Å². The second-order valence-electron chi connectivity index (χ2n) is 4.67. The van der Waals surface area contributed by atoms with Gasteiger partial charge in [-0.25, -0.2) is 0 Å². The fourth-order valence-electron chi connectivity index (χ4n) is 2.05. The van der Waals surface area contributed by atoms with Crippen molar-refractivity contribution in [1.29, 1.82) is 0 Å². The van der Waals surface area contributed by atoms with Gasteiger partial charge < -0.3 is 0 Å². The van der Waals surface area contributed by atoms with Gasteiger partial charge in [0.2, 0.25) is 0 Å². The van der Waals surface area contributed by atoms with E-state index in [9.17, 15) is 0 Å². The van der Waals surface area contributed by atoms with Gasteiger partial charge in [-0.1, -0.05) is 22.9 Å². The zero-order valence-electron chi connectivity index (χ0n) is 10.1. The van der Waals surface area contributed by atoms with Crippen molar-refractivity contribution in [2.24, 2.45) is 0 Å². The minimum absolute atomic E-state index is 0.510. The van der Waals surface area contributed by atoms with Crippen LogP contribution in [0.2, 0.25) is 0 Å². The van der Waals surface area contributed by atoms with Crippen LogP contribution >= 0.6 is 15.9 Å². The summed E-state index contributed by atoms with van der Waals surface area (Å²) in [6, 6.07) is 2.66. The van der Waals surface area contributed by atoms with Crippen molar-refractivity contribution < 1.29 is 0 Å². The second kappa shape index (κ2) is 5.32. The van der Waals surface area contributed by atoms with Crippen molar-refractivity contribution in [1.82, 2.24) is 14.7 Å². The molecule has 4 heteroatoms. The molecule has 0 bridgehead atoms. The maximum absolute atomic E-state index is 4.63. The Kier molecular flexibility index (Phi) is 4.03. The maximum atomic E-state index is 4.63. The summed E-state index contributed by atoms with van der Waals surface area (Å²) >= 11 is 3.66. The molecule has 0 spiro atoms. The molecule has 1 aromatic heterocycles. The molecular formula is C12H20BrN3. The van der Waals surface area contributed by atoms with Crippen LogP contribution in [0, 0.1) is 0 Å². The summed E-state index contributed by atoms with van der Waals surface area (Å²) in [6.07, 6.45) is 4.49. The van der Waals surface area contributed by atoms with E-state index in [2.05, 4.69) is 56.7 Å². The Labute approximate surface area is 106 Å². The van der Waals surface area contributed by atoms with Gasteiger partial charge in [-0.15, -0.1) is 0 Å². The monoisotopic (exact) mass is 285 g/mol. The third-order valence-electron chi connectivity index (χ3n) is 3.31. The smallest absolute Gasteiger partial charge is 0.0764 e. The number of rotatable bonds is 4. The van der Waals surface area contributed by atoms with Gasteiger partial charge in [0.25, 0.3) is 0 Å². The predicted molar refractivity (Wildman–Crippen MR) is 69.8 cm³/mol. The number of hydrogen-bond acceptors (Lipinski definition) is 2. The Hall–Kier alpha value is -0.350. The lowest BCUT2D eigenvalue weighted by molar-refractivity contribution is 0.325. The topological polar surface area (TPSA) is 21.1 Å². The highest BCUT2D eigenvalue weighted by Crippen LogP contribution is 2.18. The van der Waals surface area contributed by atoms with Crippen molar-refractivity contribution in [3.05, 3.63) is 18.0 Å². The van der Waals surface area contributed by atoms with Crippen LogP contribution in [-0.2, 0) is 6.54 Å². The first-order chi connectivity index (χ1) is 7.69. The molecule has 0 aromatic carbocycles. The fraction of sp³-hybridized carbons (Fsp3) is 0.750. The molecule has 1 aliphatic rings. The molecule has 0 saturated carbocycles. The summed E-state index contributed by atoms with van der Waals surface area (Å²) in [7, 11) is 0. The van der Waals surface area contributed by atoms with Gasteiger partial charge in [-0.3, -0.25) is 9.58 Å². The van der Waals surface area contributed by atoms with Crippen molar-refractivity contribution in [2.75, 3.05) is 13.1 Å². The van der Waals surface area contributed by atoms with Crippen LogP contribution < -0.4 is 0 Å². The van der Waals surface area contributed by atoms with E-state index in [1.807, 2.05) is 0 Å². The number of halogens is 1. The van der Waals surface area contributed by atoms with Crippen LogP contribution in [0.4, 0.5) is 0 Å². The van der Waals surface area contributed by atoms with Gasteiger partial charge in [-0.2, -0.15) is 5.10 Å². The Morgan fingerprint density at radius 3 is 3.06 bits per heavy atom. The van der Waals surface area contributed by atoms with Gasteiger partial charge in [0.05, 0.1) is 5.69 Å². The van der Waals surface area contributed by atoms with E-state index in [1.54, 1.807) is 0 Å². The maximum Gasteiger partial charge on any atom is 0.0764 e. The van der Waals surface area contributed by atoms with Crippen molar-refractivity contribution in [2.45, 2.75) is 44.1 Å². The van der Waals surface area contributed by atoms with Gasteiger partial charge >= 0.3 is 0 Å². The minimum Gasteiger partial charge on any atom is -0.296 e. The highest BCUT2D eigenvalue weighted by Gasteiger charge is 2.20. The molecule has 0 amide bonds. The molecule has 2 unspecified atom stereocenters. The fourth-order valence-corrected chi connectivity index (χ4v) is 2.67. The van der Waals surface area contributed by atoms with Gasteiger partial charge in [0, 0.05) is 30.2 Å². The molecule has 0 aliphatic carbocycles. The van der Waals surface area contributed by atoms with Crippen molar-refractivity contribution >= 4 is 15.9 Å². The first-order valence-corrected chi connectivity index (χ1v) is 7.01. The average Bonchev–Trinajstić information content (AvgIpc) is 2.87. The van der Waals surface area contributed by atoms with E-state index >= 15 is 0 Å². The number of likely N-dealkylation sites (tertiary alicyclic amines) is 1. The molecule has 1 aromatic rings. The van der Waals surface area contributed by atoms with Crippen LogP contribution in [-0.4, -0.2) is 32.6 Å². The molecule has 1 saturated heterocycles. The third-order valence-corrected chi connectivity index (χ3v) is 4.05. The lowest BCUT2D eigenvalue weighted by Crippen LogP contribution is -2.20. The molecule has 2 heterocycles. The number of alkyl halides is 1. The summed E-state index contributed by atoms with van der Waals surface area (Å²) in [6.45, 7) is 7.73. The highest BCUT2D eigenvalue weighted by molar-refractivity contribution is 9.09. The summed E-state index contributed by atoms with van der Waals surface area (Å²) in [5, 5.41) is 4.63. The second-order valence-corrected chi connectivity index (χ2v) is 5.96. The standard InChI is InChI=1S/C12H20BrN3/c1-3-10(2)16-7-5-12(14-16)9-15-6-4-11(13)8-15/h5,7,10-11H,3-4,6,8-9H2,1-2H3. The Balaban J connectivity index is 1.92. The molecule has 1 fully saturated rings. The van der Waals surface area contributed by atoms with Crippen LogP contribution in [0.5, 0.6) is 0 Å². The van der Waals surface area contributed by atoms with Crippen LogP contribution in [0.25, 0.3) is 0 Å². The molecular weight excluding hydrogens is 266 g/mol. The number of nitrogens with zero attached hydrogens (tertiary/aromatic N) is 3. The number of hydrogen-bond donors (Lipinski definition) is 0. The molecule has 90 valence electrons. The molecule has 1 aliphatic heterocycles. The lowest BCUT2D eigenvalue weighted by Gasteiger charge is -2.13. The van der Waals surface area contributed by atoms with E-state index < -0.39 is 0 Å². The van der Waals surface area contributed by atoms with E-state index in [0.29, 0.717) is 10.9 Å². The quantitative estimate of drug-likeness (QED) is 0.794. The summed E-state index contributed by atoms with van der Waals surface area (Å²) < 4.78 is 2.08.